The molecule has 21 heavy (non-hydrogen) atoms. The Kier molecular flexibility index (Phi) is 4.63. The third-order valence-corrected chi connectivity index (χ3v) is 3.73. The van der Waals surface area contributed by atoms with Crippen molar-refractivity contribution < 1.29 is 19.4 Å². The predicted octanol–water partition coefficient (Wildman–Crippen LogP) is 2.13. The summed E-state index contributed by atoms with van der Waals surface area (Å²) >= 11 is 0. The number of carboxylic acids is 1. The lowest BCUT2D eigenvalue weighted by atomic mass is 9.87. The fourth-order valence-corrected chi connectivity index (χ4v) is 2.65. The van der Waals surface area contributed by atoms with Crippen molar-refractivity contribution in [1.29, 1.82) is 0 Å². The SMILES string of the molecule is CC1(C)CC(C(=O)NC(C(=O)O)c2ccccc2)CCO1. The van der Waals surface area contributed by atoms with Crippen LogP contribution in [0, 0.1) is 5.92 Å². The number of aliphatic carboxylic acids is 1. The van der Waals surface area contributed by atoms with Crippen molar-refractivity contribution in [1.82, 2.24) is 5.32 Å². The molecule has 2 rings (SSSR count). The Hall–Kier alpha value is -1.88. The molecule has 0 radical (unpaired) electrons. The molecule has 5 heteroatoms. The zero-order valence-corrected chi connectivity index (χ0v) is 12.3. The van der Waals surface area contributed by atoms with Crippen LogP contribution < -0.4 is 5.32 Å². The highest BCUT2D eigenvalue weighted by Crippen LogP contribution is 2.29. The molecule has 0 aromatic heterocycles. The van der Waals surface area contributed by atoms with E-state index in [0.29, 0.717) is 25.0 Å². The van der Waals surface area contributed by atoms with Crippen molar-refractivity contribution in [3.05, 3.63) is 35.9 Å². The van der Waals surface area contributed by atoms with Gasteiger partial charge in [0.15, 0.2) is 6.04 Å². The first-order chi connectivity index (χ1) is 9.89. The Morgan fingerprint density at radius 3 is 2.57 bits per heavy atom. The van der Waals surface area contributed by atoms with Gasteiger partial charge in [0, 0.05) is 12.5 Å². The minimum absolute atomic E-state index is 0.209. The maximum atomic E-state index is 12.3. The molecule has 0 saturated carbocycles. The minimum atomic E-state index is -1.05. The number of carbonyl (C=O) groups excluding carboxylic acids is 1. The molecule has 1 fully saturated rings. The molecule has 2 unspecified atom stereocenters. The largest absolute Gasteiger partial charge is 0.479 e. The summed E-state index contributed by atoms with van der Waals surface area (Å²) in [7, 11) is 0. The maximum Gasteiger partial charge on any atom is 0.330 e. The molecule has 114 valence electrons. The third-order valence-electron chi connectivity index (χ3n) is 3.73. The van der Waals surface area contributed by atoms with Crippen molar-refractivity contribution in [2.24, 2.45) is 5.92 Å². The van der Waals surface area contributed by atoms with Crippen LogP contribution in [0.15, 0.2) is 30.3 Å². The number of ether oxygens (including phenoxy) is 1. The van der Waals surface area contributed by atoms with Gasteiger partial charge in [-0.2, -0.15) is 0 Å². The number of rotatable bonds is 4. The van der Waals surface area contributed by atoms with Gasteiger partial charge in [0.1, 0.15) is 0 Å². The fourth-order valence-electron chi connectivity index (χ4n) is 2.65. The first-order valence-electron chi connectivity index (χ1n) is 7.11. The molecule has 0 spiro atoms. The number of amides is 1. The number of hydrogen-bond acceptors (Lipinski definition) is 3. The standard InChI is InChI=1S/C16H21NO4/c1-16(2)10-12(8-9-21-16)14(18)17-13(15(19)20)11-6-4-3-5-7-11/h3-7,12-13H,8-10H2,1-2H3,(H,17,18)(H,19,20). The minimum Gasteiger partial charge on any atom is -0.479 e. The highest BCUT2D eigenvalue weighted by molar-refractivity contribution is 5.86. The van der Waals surface area contributed by atoms with E-state index in [1.165, 1.54) is 0 Å². The van der Waals surface area contributed by atoms with Crippen molar-refractivity contribution >= 4 is 11.9 Å². The second-order valence-electron chi connectivity index (χ2n) is 5.99. The molecule has 1 aromatic carbocycles. The molecular formula is C16H21NO4. The van der Waals surface area contributed by atoms with Crippen molar-refractivity contribution in [3.8, 4) is 0 Å². The van der Waals surface area contributed by atoms with Crippen LogP contribution in [-0.2, 0) is 14.3 Å². The summed E-state index contributed by atoms with van der Waals surface area (Å²) < 4.78 is 5.59. The highest BCUT2D eigenvalue weighted by Gasteiger charge is 2.34. The normalized spacial score (nSPS) is 22.3. The topological polar surface area (TPSA) is 75.6 Å². The van der Waals surface area contributed by atoms with Crippen LogP contribution in [0.1, 0.15) is 38.3 Å². The van der Waals surface area contributed by atoms with Gasteiger partial charge in [0.05, 0.1) is 5.60 Å². The Morgan fingerprint density at radius 1 is 1.33 bits per heavy atom. The van der Waals surface area contributed by atoms with Gasteiger partial charge in [-0.05, 0) is 32.3 Å². The number of benzene rings is 1. The van der Waals surface area contributed by atoms with Gasteiger partial charge in [-0.15, -0.1) is 0 Å². The van der Waals surface area contributed by atoms with E-state index in [-0.39, 0.29) is 17.4 Å². The number of carbonyl (C=O) groups is 2. The highest BCUT2D eigenvalue weighted by atomic mass is 16.5. The molecule has 0 bridgehead atoms. The summed E-state index contributed by atoms with van der Waals surface area (Å²) in [6, 6.07) is 7.72. The number of carboxylic acid groups (broad SMARTS) is 1. The van der Waals surface area contributed by atoms with Gasteiger partial charge in [-0.25, -0.2) is 4.79 Å². The summed E-state index contributed by atoms with van der Waals surface area (Å²) in [4.78, 5) is 23.8. The average Bonchev–Trinajstić information content (AvgIpc) is 2.44. The molecule has 2 N–H and O–H groups in total. The van der Waals surface area contributed by atoms with Gasteiger partial charge < -0.3 is 15.2 Å². The molecule has 1 aliphatic heterocycles. The lowest BCUT2D eigenvalue weighted by Gasteiger charge is -2.35. The van der Waals surface area contributed by atoms with E-state index >= 15 is 0 Å². The summed E-state index contributed by atoms with van der Waals surface area (Å²) in [5.74, 6) is -1.48. The predicted molar refractivity (Wildman–Crippen MR) is 77.7 cm³/mol. The summed E-state index contributed by atoms with van der Waals surface area (Å²) in [5, 5.41) is 12.0. The summed E-state index contributed by atoms with van der Waals surface area (Å²) in [6.07, 6.45) is 1.22. The van der Waals surface area contributed by atoms with Crippen molar-refractivity contribution in [2.45, 2.75) is 38.3 Å². The van der Waals surface area contributed by atoms with Crippen LogP contribution in [0.3, 0.4) is 0 Å². The lowest BCUT2D eigenvalue weighted by Crippen LogP contribution is -2.43. The molecule has 1 saturated heterocycles. The van der Waals surface area contributed by atoms with Gasteiger partial charge >= 0.3 is 5.97 Å². The third kappa shape index (κ3) is 4.04. The number of nitrogens with one attached hydrogen (secondary N) is 1. The molecule has 2 atom stereocenters. The van der Waals surface area contributed by atoms with E-state index in [9.17, 15) is 14.7 Å². The van der Waals surface area contributed by atoms with Crippen molar-refractivity contribution in [2.75, 3.05) is 6.61 Å². The molecule has 1 amide bonds. The van der Waals surface area contributed by atoms with Crippen LogP contribution in [0.4, 0.5) is 0 Å². The van der Waals surface area contributed by atoms with E-state index in [1.54, 1.807) is 24.3 Å². The Morgan fingerprint density at radius 2 is 2.00 bits per heavy atom. The van der Waals surface area contributed by atoms with Crippen LogP contribution in [0.5, 0.6) is 0 Å². The molecular weight excluding hydrogens is 270 g/mol. The van der Waals surface area contributed by atoms with Gasteiger partial charge in [-0.3, -0.25) is 4.79 Å². The fraction of sp³-hybridized carbons (Fsp3) is 0.500. The maximum absolute atomic E-state index is 12.3. The van der Waals surface area contributed by atoms with Crippen molar-refractivity contribution in [3.63, 3.8) is 0 Å². The molecule has 1 aromatic rings. The molecule has 1 heterocycles. The van der Waals surface area contributed by atoms with E-state index in [2.05, 4.69) is 5.32 Å². The Balaban J connectivity index is 2.07. The van der Waals surface area contributed by atoms with Crippen LogP contribution in [0.25, 0.3) is 0 Å². The zero-order chi connectivity index (χ0) is 15.5. The second-order valence-corrected chi connectivity index (χ2v) is 5.99. The Bertz CT molecular complexity index is 512. The van der Waals surface area contributed by atoms with Gasteiger partial charge in [0.2, 0.25) is 5.91 Å². The number of hydrogen-bond donors (Lipinski definition) is 2. The van der Waals surface area contributed by atoms with Gasteiger partial charge in [0.25, 0.3) is 0 Å². The quantitative estimate of drug-likeness (QED) is 0.891. The van der Waals surface area contributed by atoms with Gasteiger partial charge in [-0.1, -0.05) is 30.3 Å². The first-order valence-corrected chi connectivity index (χ1v) is 7.11. The Labute approximate surface area is 124 Å². The summed E-state index contributed by atoms with van der Waals surface area (Å²) in [5.41, 5.74) is 0.232. The monoisotopic (exact) mass is 291 g/mol. The van der Waals surface area contributed by atoms with Crippen LogP contribution >= 0.6 is 0 Å². The average molecular weight is 291 g/mol. The smallest absolute Gasteiger partial charge is 0.330 e. The van der Waals surface area contributed by atoms with Crippen LogP contribution in [0.2, 0.25) is 0 Å². The second kappa shape index (κ2) is 6.26. The van der Waals surface area contributed by atoms with E-state index in [0.717, 1.165) is 0 Å². The first kappa shape index (κ1) is 15.5. The van der Waals surface area contributed by atoms with E-state index in [1.807, 2.05) is 19.9 Å². The summed E-state index contributed by atoms with van der Waals surface area (Å²) in [6.45, 7) is 4.41. The molecule has 0 aliphatic carbocycles. The molecule has 5 nitrogen and oxygen atoms in total. The van der Waals surface area contributed by atoms with E-state index in [4.69, 9.17) is 4.74 Å². The lowest BCUT2D eigenvalue weighted by molar-refractivity contribution is -0.145. The van der Waals surface area contributed by atoms with E-state index < -0.39 is 12.0 Å². The zero-order valence-electron chi connectivity index (χ0n) is 12.3. The molecule has 1 aliphatic rings. The van der Waals surface area contributed by atoms with Crippen LogP contribution in [-0.4, -0.2) is 29.2 Å².